The van der Waals surface area contributed by atoms with Crippen LogP contribution in [0.2, 0.25) is 0 Å². The molecule has 5 heterocycles. The zero-order valence-corrected chi connectivity index (χ0v) is 29.2. The number of ether oxygens (including phenoxy) is 9. The lowest BCUT2D eigenvalue weighted by Crippen LogP contribution is -2.68. The zero-order chi connectivity index (χ0) is 41.3. The first kappa shape index (κ1) is 46.0. The fourth-order valence-electron chi connectivity index (χ4n) is 7.01. The lowest BCUT2D eigenvalue weighted by Gasteiger charge is -2.49. The third-order valence-electron chi connectivity index (χ3n) is 10.3. The quantitative estimate of drug-likeness (QED) is 0.0819. The van der Waals surface area contributed by atoms with E-state index in [1.54, 1.807) is 0 Å². The minimum atomic E-state index is -2.18. The van der Waals surface area contributed by atoms with Crippen molar-refractivity contribution in [2.75, 3.05) is 33.0 Å². The summed E-state index contributed by atoms with van der Waals surface area (Å²) in [5, 5.41) is 177. The molecular formula is C30H52O26. The van der Waals surface area contributed by atoms with Crippen molar-refractivity contribution >= 4 is 0 Å². The lowest BCUT2D eigenvalue weighted by molar-refractivity contribution is -0.395. The van der Waals surface area contributed by atoms with Crippen LogP contribution in [0.1, 0.15) is 0 Å². The normalized spacial score (nSPS) is 53.2. The van der Waals surface area contributed by atoms with Crippen LogP contribution in [0, 0.1) is 0 Å². The molecule has 5 rings (SSSR count). The molecule has 0 spiro atoms. The molecule has 25 atom stereocenters. The molecule has 5 aliphatic rings. The average molecular weight is 829 g/mol. The monoisotopic (exact) mass is 828 g/mol. The summed E-state index contributed by atoms with van der Waals surface area (Å²) in [6.45, 7) is -4.58. The SMILES string of the molecule is OC[C@H]1O[C@@H](O[C@@H]2[C@@H](O)[C@H](O[C@@H]3[C@@H](O)[C@H](O[C@@H]4[C@@H](O)[C@H](O)O[C@H](CO)[C@H]4O)O[C@H](CO)[C@H]3O)O[C@H](CO)[C@H]2O)[C@H](O)[C@@H](O[C@@H]2O[C@H](CO)[C@@H](O)[C@H](O)[C@H]2O)[C@H]1O. The van der Waals surface area contributed by atoms with Gasteiger partial charge in [0, 0.05) is 0 Å². The van der Waals surface area contributed by atoms with E-state index in [0.29, 0.717) is 0 Å². The standard InChI is InChI=1S/C30H52O26/c31-1-6-11(36)16(41)17(42)27(49-6)54-23-13(38)8(3-33)51-29(19(23)44)56-25-15(40)10(5-35)52-30(21(25)46)55-24-14(39)9(4-34)50-28(20(24)45)53-22-12(37)7(2-32)48-26(47)18(22)43/h6-47H,1-5H2/t6-,7-,8-,9-,10-,11-,12-,13+,14-,15-,16+,17-,18-,19-,20-,21-,22+,23+,24+,25+,26-,27+,28+,29+,30+/m1/s1. The van der Waals surface area contributed by atoms with E-state index in [-0.39, 0.29) is 0 Å². The number of aliphatic hydroxyl groups is 17. The first-order chi connectivity index (χ1) is 26.5. The van der Waals surface area contributed by atoms with Gasteiger partial charge < -0.3 is 129 Å². The van der Waals surface area contributed by atoms with Gasteiger partial charge >= 0.3 is 0 Å². The molecule has 26 nitrogen and oxygen atoms in total. The van der Waals surface area contributed by atoms with Crippen molar-refractivity contribution in [3.8, 4) is 0 Å². The van der Waals surface area contributed by atoms with Gasteiger partial charge in [0.05, 0.1) is 33.0 Å². The number of aliphatic hydroxyl groups excluding tert-OH is 17. The Bertz CT molecular complexity index is 1210. The van der Waals surface area contributed by atoms with Gasteiger partial charge in [-0.05, 0) is 0 Å². The molecule has 0 aromatic heterocycles. The van der Waals surface area contributed by atoms with E-state index < -0.39 is 187 Å². The molecule has 0 aromatic carbocycles. The fourth-order valence-corrected chi connectivity index (χ4v) is 7.01. The van der Waals surface area contributed by atoms with Gasteiger partial charge in [-0.25, -0.2) is 0 Å². The Morgan fingerprint density at radius 2 is 0.518 bits per heavy atom. The second-order valence-corrected chi connectivity index (χ2v) is 13.9. The van der Waals surface area contributed by atoms with E-state index in [1.165, 1.54) is 0 Å². The second-order valence-electron chi connectivity index (χ2n) is 13.9. The molecule has 26 heteroatoms. The first-order valence-electron chi connectivity index (χ1n) is 17.6. The predicted molar refractivity (Wildman–Crippen MR) is 167 cm³/mol. The van der Waals surface area contributed by atoms with Crippen LogP contribution in [-0.4, -0.2) is 273 Å². The van der Waals surface area contributed by atoms with Crippen LogP contribution in [0.4, 0.5) is 0 Å². The van der Waals surface area contributed by atoms with Gasteiger partial charge in [-0.1, -0.05) is 0 Å². The van der Waals surface area contributed by atoms with Crippen molar-refractivity contribution in [3.05, 3.63) is 0 Å². The van der Waals surface area contributed by atoms with E-state index >= 15 is 0 Å². The number of hydrogen-bond acceptors (Lipinski definition) is 26. The molecule has 5 aliphatic heterocycles. The Morgan fingerprint density at radius 1 is 0.268 bits per heavy atom. The molecular weight excluding hydrogens is 776 g/mol. The van der Waals surface area contributed by atoms with Crippen molar-refractivity contribution in [3.63, 3.8) is 0 Å². The van der Waals surface area contributed by atoms with Crippen molar-refractivity contribution < 1.29 is 129 Å². The molecule has 5 saturated heterocycles. The minimum absolute atomic E-state index is 0.837. The van der Waals surface area contributed by atoms with Crippen LogP contribution < -0.4 is 0 Å². The highest BCUT2D eigenvalue weighted by Crippen LogP contribution is 2.35. The molecule has 0 aliphatic carbocycles. The molecule has 5 fully saturated rings. The van der Waals surface area contributed by atoms with E-state index in [2.05, 4.69) is 0 Å². The maximum Gasteiger partial charge on any atom is 0.187 e. The minimum Gasteiger partial charge on any atom is -0.394 e. The van der Waals surface area contributed by atoms with Crippen molar-refractivity contribution in [2.45, 2.75) is 154 Å². The summed E-state index contributed by atoms with van der Waals surface area (Å²) < 4.78 is 48.9. The molecule has 0 bridgehead atoms. The van der Waals surface area contributed by atoms with Crippen LogP contribution in [0.3, 0.4) is 0 Å². The highest BCUT2D eigenvalue weighted by atomic mass is 16.8. The average Bonchev–Trinajstić information content (AvgIpc) is 3.18. The molecule has 0 aromatic rings. The van der Waals surface area contributed by atoms with Gasteiger partial charge in [-0.2, -0.15) is 0 Å². The third-order valence-corrected chi connectivity index (χ3v) is 10.3. The Hall–Kier alpha value is -1.04. The molecule has 0 amide bonds. The summed E-state index contributed by atoms with van der Waals surface area (Å²) in [5.41, 5.74) is 0. The van der Waals surface area contributed by atoms with Gasteiger partial charge in [0.25, 0.3) is 0 Å². The van der Waals surface area contributed by atoms with E-state index in [9.17, 15) is 86.8 Å². The summed E-state index contributed by atoms with van der Waals surface area (Å²) in [7, 11) is 0. The molecule has 56 heavy (non-hydrogen) atoms. The van der Waals surface area contributed by atoms with Gasteiger partial charge in [-0.3, -0.25) is 0 Å². The van der Waals surface area contributed by atoms with Gasteiger partial charge in [0.15, 0.2) is 31.5 Å². The molecule has 0 unspecified atom stereocenters. The maximum atomic E-state index is 11.4. The summed E-state index contributed by atoms with van der Waals surface area (Å²) in [6.07, 6.45) is -47.2. The Kier molecular flexibility index (Phi) is 16.1. The highest BCUT2D eigenvalue weighted by Gasteiger charge is 2.56. The summed E-state index contributed by atoms with van der Waals surface area (Å²) in [5.74, 6) is 0. The largest absolute Gasteiger partial charge is 0.394 e. The molecule has 0 radical (unpaired) electrons. The van der Waals surface area contributed by atoms with Gasteiger partial charge in [-0.15, -0.1) is 0 Å². The molecule has 328 valence electrons. The summed E-state index contributed by atoms with van der Waals surface area (Å²) in [4.78, 5) is 0. The molecule has 0 saturated carbocycles. The van der Waals surface area contributed by atoms with Crippen LogP contribution in [0.5, 0.6) is 0 Å². The van der Waals surface area contributed by atoms with Crippen LogP contribution in [0.15, 0.2) is 0 Å². The van der Waals surface area contributed by atoms with Crippen molar-refractivity contribution in [2.24, 2.45) is 0 Å². The third kappa shape index (κ3) is 9.16. The topological polar surface area (TPSA) is 427 Å². The van der Waals surface area contributed by atoms with Crippen molar-refractivity contribution in [1.29, 1.82) is 0 Å². The highest BCUT2D eigenvalue weighted by molar-refractivity contribution is 4.99. The Morgan fingerprint density at radius 3 is 0.821 bits per heavy atom. The second kappa shape index (κ2) is 19.6. The number of hydrogen-bond donors (Lipinski definition) is 17. The Labute approximate surface area is 316 Å². The lowest BCUT2D eigenvalue weighted by atomic mass is 9.95. The molecule has 17 N–H and O–H groups in total. The predicted octanol–water partition coefficient (Wildman–Crippen LogP) is -11.9. The van der Waals surface area contributed by atoms with Crippen molar-refractivity contribution in [1.82, 2.24) is 0 Å². The summed E-state index contributed by atoms with van der Waals surface area (Å²) in [6, 6.07) is 0. The van der Waals surface area contributed by atoms with Crippen LogP contribution >= 0.6 is 0 Å². The first-order valence-corrected chi connectivity index (χ1v) is 17.6. The van der Waals surface area contributed by atoms with Crippen LogP contribution in [0.25, 0.3) is 0 Å². The smallest absolute Gasteiger partial charge is 0.187 e. The van der Waals surface area contributed by atoms with E-state index in [0.717, 1.165) is 0 Å². The maximum absolute atomic E-state index is 11.4. The Balaban J connectivity index is 1.34. The fraction of sp³-hybridized carbons (Fsp3) is 1.00. The zero-order valence-electron chi connectivity index (χ0n) is 29.2. The van der Waals surface area contributed by atoms with Gasteiger partial charge in [0.2, 0.25) is 0 Å². The van der Waals surface area contributed by atoms with Crippen LogP contribution in [-0.2, 0) is 42.6 Å². The van der Waals surface area contributed by atoms with Gasteiger partial charge in [0.1, 0.15) is 122 Å². The van der Waals surface area contributed by atoms with E-state index in [1.807, 2.05) is 0 Å². The number of rotatable bonds is 13. The van der Waals surface area contributed by atoms with E-state index in [4.69, 9.17) is 42.6 Å². The summed E-state index contributed by atoms with van der Waals surface area (Å²) >= 11 is 0.